The Bertz CT molecular complexity index is 1040. The predicted octanol–water partition coefficient (Wildman–Crippen LogP) is 5.31. The monoisotopic (exact) mass is 518 g/mol. The number of amides is 3. The fourth-order valence-corrected chi connectivity index (χ4v) is 4.22. The van der Waals surface area contributed by atoms with Gasteiger partial charge >= 0.3 is 0 Å². The number of thioether (sulfide) groups is 1. The minimum Gasteiger partial charge on any atom is -0.494 e. The number of carbonyl (C=O) groups excluding carboxylic acids is 3. The van der Waals surface area contributed by atoms with Gasteiger partial charge in [-0.1, -0.05) is 13.0 Å². The molecule has 1 aliphatic heterocycles. The molecular weight excluding hydrogens is 496 g/mol. The van der Waals surface area contributed by atoms with E-state index in [0.29, 0.717) is 30.4 Å². The second kappa shape index (κ2) is 11.2. The molecule has 0 bridgehead atoms. The third kappa shape index (κ3) is 6.14. The first-order valence-corrected chi connectivity index (χ1v) is 11.7. The van der Waals surface area contributed by atoms with Gasteiger partial charge in [-0.25, -0.2) is 0 Å². The second-order valence-corrected chi connectivity index (χ2v) is 8.66. The third-order valence-corrected chi connectivity index (χ3v) is 5.87. The smallest absolute Gasteiger partial charge is 0.294 e. The highest BCUT2D eigenvalue weighted by molar-refractivity contribution is 9.10. The van der Waals surface area contributed by atoms with Gasteiger partial charge in [0.25, 0.3) is 11.1 Å². The van der Waals surface area contributed by atoms with Crippen LogP contribution in [-0.2, 0) is 9.59 Å². The molecule has 1 saturated heterocycles. The molecular formula is C23H23BrN2O5S. The van der Waals surface area contributed by atoms with E-state index in [1.165, 1.54) is 0 Å². The van der Waals surface area contributed by atoms with Crippen LogP contribution >= 0.6 is 27.7 Å². The average Bonchev–Trinajstić information content (AvgIpc) is 3.02. The van der Waals surface area contributed by atoms with Crippen molar-refractivity contribution in [2.75, 3.05) is 25.1 Å². The summed E-state index contributed by atoms with van der Waals surface area (Å²) in [5.74, 6) is 0.448. The number of anilines is 1. The lowest BCUT2D eigenvalue weighted by molar-refractivity contribution is -0.127. The van der Waals surface area contributed by atoms with Crippen molar-refractivity contribution in [2.24, 2.45) is 0 Å². The van der Waals surface area contributed by atoms with Crippen molar-refractivity contribution in [3.63, 3.8) is 0 Å². The summed E-state index contributed by atoms with van der Waals surface area (Å²) in [6, 6.07) is 12.3. The molecule has 3 amide bonds. The van der Waals surface area contributed by atoms with E-state index in [2.05, 4.69) is 21.2 Å². The van der Waals surface area contributed by atoms with Crippen LogP contribution in [0.2, 0.25) is 0 Å². The van der Waals surface area contributed by atoms with Crippen molar-refractivity contribution in [1.82, 2.24) is 4.90 Å². The normalized spacial score (nSPS) is 14.7. The van der Waals surface area contributed by atoms with E-state index in [1.54, 1.807) is 36.4 Å². The summed E-state index contributed by atoms with van der Waals surface area (Å²) in [5.41, 5.74) is 1.29. The molecule has 0 spiro atoms. The van der Waals surface area contributed by atoms with Crippen molar-refractivity contribution in [3.8, 4) is 11.5 Å². The molecule has 2 aromatic carbocycles. The van der Waals surface area contributed by atoms with Crippen LogP contribution in [0.3, 0.4) is 0 Å². The van der Waals surface area contributed by atoms with Crippen LogP contribution in [0.15, 0.2) is 51.8 Å². The molecule has 0 atom stereocenters. The van der Waals surface area contributed by atoms with Crippen molar-refractivity contribution >= 4 is 56.5 Å². The zero-order valence-electron chi connectivity index (χ0n) is 17.7. The predicted molar refractivity (Wildman–Crippen MR) is 129 cm³/mol. The molecule has 2 aromatic rings. The van der Waals surface area contributed by atoms with E-state index in [1.807, 2.05) is 26.0 Å². The Morgan fingerprint density at radius 1 is 1.12 bits per heavy atom. The van der Waals surface area contributed by atoms with E-state index >= 15 is 0 Å². The Morgan fingerprint density at radius 2 is 1.88 bits per heavy atom. The Balaban J connectivity index is 1.63. The second-order valence-electron chi connectivity index (χ2n) is 6.81. The molecule has 1 N–H and O–H groups in total. The number of hydrogen-bond acceptors (Lipinski definition) is 6. The lowest BCUT2D eigenvalue weighted by Gasteiger charge is -2.12. The summed E-state index contributed by atoms with van der Waals surface area (Å²) < 4.78 is 11.7. The maximum Gasteiger partial charge on any atom is 0.294 e. The van der Waals surface area contributed by atoms with Crippen molar-refractivity contribution in [3.05, 3.63) is 57.4 Å². The number of nitrogens with one attached hydrogen (secondary N) is 1. The SMILES string of the molecule is CCCOc1ccc(/C=C2\SC(=O)N(CC(=O)Nc3ccc(OCC)cc3)C2=O)cc1Br. The summed E-state index contributed by atoms with van der Waals surface area (Å²) in [5, 5.41) is 2.20. The number of ether oxygens (including phenoxy) is 2. The summed E-state index contributed by atoms with van der Waals surface area (Å²) in [6.45, 7) is 4.71. The highest BCUT2D eigenvalue weighted by Gasteiger charge is 2.36. The highest BCUT2D eigenvalue weighted by atomic mass is 79.9. The third-order valence-electron chi connectivity index (χ3n) is 4.34. The van der Waals surface area contributed by atoms with E-state index < -0.39 is 17.1 Å². The van der Waals surface area contributed by atoms with Gasteiger partial charge in [0.05, 0.1) is 22.6 Å². The van der Waals surface area contributed by atoms with Gasteiger partial charge in [0, 0.05) is 5.69 Å². The molecule has 3 rings (SSSR count). The molecule has 0 saturated carbocycles. The molecule has 0 aromatic heterocycles. The summed E-state index contributed by atoms with van der Waals surface area (Å²) in [4.78, 5) is 38.6. The van der Waals surface area contributed by atoms with Crippen molar-refractivity contribution in [1.29, 1.82) is 0 Å². The number of rotatable bonds is 9. The first kappa shape index (κ1) is 23.9. The zero-order valence-corrected chi connectivity index (χ0v) is 20.1. The van der Waals surface area contributed by atoms with Crippen LogP contribution in [0.1, 0.15) is 25.8 Å². The number of halogens is 1. The number of nitrogens with zero attached hydrogens (tertiary/aromatic N) is 1. The van der Waals surface area contributed by atoms with E-state index in [9.17, 15) is 14.4 Å². The number of imide groups is 1. The van der Waals surface area contributed by atoms with Crippen LogP contribution in [0.5, 0.6) is 11.5 Å². The van der Waals surface area contributed by atoms with Gasteiger partial charge in [-0.2, -0.15) is 0 Å². The van der Waals surface area contributed by atoms with Crippen molar-refractivity contribution < 1.29 is 23.9 Å². The van der Waals surface area contributed by atoms with Crippen LogP contribution in [-0.4, -0.2) is 41.7 Å². The first-order valence-electron chi connectivity index (χ1n) is 10.1. The Morgan fingerprint density at radius 3 is 2.53 bits per heavy atom. The van der Waals surface area contributed by atoms with E-state index in [4.69, 9.17) is 9.47 Å². The summed E-state index contributed by atoms with van der Waals surface area (Å²) in [6.07, 6.45) is 2.52. The summed E-state index contributed by atoms with van der Waals surface area (Å²) in [7, 11) is 0. The lowest BCUT2D eigenvalue weighted by Crippen LogP contribution is -2.36. The van der Waals surface area contributed by atoms with Gasteiger partial charge in [-0.05, 0) is 89.1 Å². The molecule has 1 fully saturated rings. The number of hydrogen-bond donors (Lipinski definition) is 1. The van der Waals surface area contributed by atoms with Crippen LogP contribution in [0.4, 0.5) is 10.5 Å². The standard InChI is InChI=1S/C23H23BrN2O5S/c1-3-11-31-19-10-5-15(12-18(19)24)13-20-22(28)26(23(29)32-20)14-21(27)25-16-6-8-17(9-7-16)30-4-2/h5-10,12-13H,3-4,11,14H2,1-2H3,(H,25,27)/b20-13-. The van der Waals surface area contributed by atoms with Gasteiger partial charge in [0.1, 0.15) is 18.0 Å². The molecule has 0 radical (unpaired) electrons. The largest absolute Gasteiger partial charge is 0.494 e. The Labute approximate surface area is 199 Å². The highest BCUT2D eigenvalue weighted by Crippen LogP contribution is 2.34. The molecule has 168 valence electrons. The van der Waals surface area contributed by atoms with Crippen molar-refractivity contribution in [2.45, 2.75) is 20.3 Å². The van der Waals surface area contributed by atoms with Gasteiger partial charge in [0.15, 0.2) is 0 Å². The molecule has 0 aliphatic carbocycles. The molecule has 7 nitrogen and oxygen atoms in total. The topological polar surface area (TPSA) is 84.9 Å². The van der Waals surface area contributed by atoms with Gasteiger partial charge in [-0.3, -0.25) is 19.3 Å². The zero-order chi connectivity index (χ0) is 23.1. The maximum absolute atomic E-state index is 12.7. The first-order chi connectivity index (χ1) is 15.4. The lowest BCUT2D eigenvalue weighted by atomic mass is 10.2. The fraction of sp³-hybridized carbons (Fsp3) is 0.261. The molecule has 32 heavy (non-hydrogen) atoms. The average molecular weight is 519 g/mol. The van der Waals surface area contributed by atoms with Gasteiger partial charge in [0.2, 0.25) is 5.91 Å². The fourth-order valence-electron chi connectivity index (χ4n) is 2.87. The van der Waals surface area contributed by atoms with Crippen LogP contribution < -0.4 is 14.8 Å². The number of carbonyl (C=O) groups is 3. The van der Waals surface area contributed by atoms with Crippen LogP contribution in [0, 0.1) is 0 Å². The quantitative estimate of drug-likeness (QED) is 0.452. The maximum atomic E-state index is 12.7. The molecule has 1 heterocycles. The Hall–Kier alpha value is -2.78. The molecule has 1 aliphatic rings. The number of benzene rings is 2. The van der Waals surface area contributed by atoms with E-state index in [0.717, 1.165) is 33.1 Å². The molecule has 0 unspecified atom stereocenters. The van der Waals surface area contributed by atoms with Gasteiger partial charge in [-0.15, -0.1) is 0 Å². The minimum absolute atomic E-state index is 0.262. The Kier molecular flexibility index (Phi) is 8.35. The minimum atomic E-state index is -0.496. The van der Waals surface area contributed by atoms with E-state index in [-0.39, 0.29) is 11.4 Å². The summed E-state index contributed by atoms with van der Waals surface area (Å²) >= 11 is 4.27. The molecule has 9 heteroatoms. The van der Waals surface area contributed by atoms with Crippen LogP contribution in [0.25, 0.3) is 6.08 Å². The van der Waals surface area contributed by atoms with Gasteiger partial charge < -0.3 is 14.8 Å².